The molecule has 0 saturated carbocycles. The summed E-state index contributed by atoms with van der Waals surface area (Å²) in [6.45, 7) is 3.52. The Morgan fingerprint density at radius 2 is 1.95 bits per heavy atom. The van der Waals surface area contributed by atoms with Gasteiger partial charge < -0.3 is 16.0 Å². The normalized spacial score (nSPS) is 14.8. The molecule has 2 aromatic carbocycles. The van der Waals surface area contributed by atoms with Gasteiger partial charge in [-0.05, 0) is 37.6 Å². The Morgan fingerprint density at radius 1 is 1.24 bits per heavy atom. The maximum absolute atomic E-state index is 13.6. The molecule has 1 aliphatic rings. The van der Waals surface area contributed by atoms with E-state index >= 15 is 0 Å². The van der Waals surface area contributed by atoms with Gasteiger partial charge in [-0.1, -0.05) is 18.2 Å². The van der Waals surface area contributed by atoms with Gasteiger partial charge in [0.15, 0.2) is 0 Å². The molecule has 14 heteroatoms. The summed E-state index contributed by atoms with van der Waals surface area (Å²) in [5.74, 6) is -1.19. The van der Waals surface area contributed by atoms with Gasteiger partial charge in [0.05, 0.1) is 29.1 Å². The number of aromatic nitrogens is 2. The molecule has 1 aromatic heterocycles. The number of nitrogens with one attached hydrogen (secondary N) is 1. The van der Waals surface area contributed by atoms with Gasteiger partial charge in [0, 0.05) is 24.0 Å². The maximum atomic E-state index is 13.6. The Bertz CT molecular complexity index is 1430. The molecule has 0 radical (unpaired) electrons. The van der Waals surface area contributed by atoms with Crippen LogP contribution in [0.25, 0.3) is 0 Å². The minimum absolute atomic E-state index is 0.0496. The van der Waals surface area contributed by atoms with Crippen molar-refractivity contribution in [3.63, 3.8) is 0 Å². The molecule has 0 spiro atoms. The van der Waals surface area contributed by atoms with Crippen molar-refractivity contribution < 1.29 is 27.7 Å². The molecule has 3 amide bonds. The highest BCUT2D eigenvalue weighted by Gasteiger charge is 2.37. The minimum Gasteiger partial charge on any atom is -0.383 e. The van der Waals surface area contributed by atoms with E-state index in [1.54, 1.807) is 13.8 Å². The van der Waals surface area contributed by atoms with Gasteiger partial charge in [-0.3, -0.25) is 19.8 Å². The number of carbonyl (C=O) groups excluding carboxylic acids is 2. The van der Waals surface area contributed by atoms with E-state index in [1.807, 2.05) is 0 Å². The van der Waals surface area contributed by atoms with Crippen LogP contribution in [-0.4, -0.2) is 38.9 Å². The molecule has 0 bridgehead atoms. The van der Waals surface area contributed by atoms with Crippen LogP contribution in [-0.2, 0) is 12.7 Å². The fourth-order valence-electron chi connectivity index (χ4n) is 3.93. The standard InChI is InChI=1S/C24H22F3N7O4/c1-23(2)13-33(22(36)31-23)21-29-11-18(19(28)30-21)20(35)32(12-14-5-3-8-17(9-14)34(37)38)16-7-4-6-15(10-16)24(25,26)27/h3-11H,12-13H2,1-2H3,(H,31,36)(H2,28,29,30). The van der Waals surface area contributed by atoms with Gasteiger partial charge in [0.1, 0.15) is 11.4 Å². The third-order valence-corrected chi connectivity index (χ3v) is 5.71. The zero-order valence-electron chi connectivity index (χ0n) is 20.2. The van der Waals surface area contributed by atoms with Gasteiger partial charge in [0.25, 0.3) is 11.6 Å². The third kappa shape index (κ3) is 5.48. The van der Waals surface area contributed by atoms with E-state index in [2.05, 4.69) is 15.3 Å². The van der Waals surface area contributed by atoms with Crippen molar-refractivity contribution in [2.75, 3.05) is 22.1 Å². The number of urea groups is 1. The van der Waals surface area contributed by atoms with Crippen molar-refractivity contribution in [2.45, 2.75) is 32.1 Å². The number of hydrogen-bond acceptors (Lipinski definition) is 7. The van der Waals surface area contributed by atoms with Crippen LogP contribution in [0.4, 0.5) is 41.1 Å². The van der Waals surface area contributed by atoms with Gasteiger partial charge in [-0.15, -0.1) is 0 Å². The first kappa shape index (κ1) is 26.3. The molecule has 0 unspecified atom stereocenters. The summed E-state index contributed by atoms with van der Waals surface area (Å²) in [5, 5.41) is 13.9. The molecule has 3 aromatic rings. The lowest BCUT2D eigenvalue weighted by molar-refractivity contribution is -0.384. The number of non-ortho nitro benzene ring substituents is 1. The predicted octanol–water partition coefficient (Wildman–Crippen LogP) is 4.14. The zero-order valence-corrected chi connectivity index (χ0v) is 20.2. The van der Waals surface area contributed by atoms with Crippen LogP contribution >= 0.6 is 0 Å². The molecule has 11 nitrogen and oxygen atoms in total. The molecule has 1 saturated heterocycles. The summed E-state index contributed by atoms with van der Waals surface area (Å²) in [4.78, 5) is 46.9. The first-order valence-electron chi connectivity index (χ1n) is 11.2. The second-order valence-corrected chi connectivity index (χ2v) is 9.24. The summed E-state index contributed by atoms with van der Waals surface area (Å²) in [7, 11) is 0. The summed E-state index contributed by atoms with van der Waals surface area (Å²) in [6.07, 6.45) is -3.59. The van der Waals surface area contributed by atoms with Gasteiger partial charge in [0.2, 0.25) is 5.95 Å². The summed E-state index contributed by atoms with van der Waals surface area (Å²) in [6, 6.07) is 8.99. The average molecular weight is 529 g/mol. The van der Waals surface area contributed by atoms with Crippen molar-refractivity contribution in [1.82, 2.24) is 15.3 Å². The molecule has 198 valence electrons. The number of nitrogen functional groups attached to an aromatic ring is 1. The number of hydrogen-bond donors (Lipinski definition) is 2. The molecule has 2 heterocycles. The van der Waals surface area contributed by atoms with E-state index < -0.39 is 34.1 Å². The van der Waals surface area contributed by atoms with E-state index in [9.17, 15) is 32.9 Å². The van der Waals surface area contributed by atoms with E-state index in [1.165, 1.54) is 35.2 Å². The fraction of sp³-hybridized carbons (Fsp3) is 0.250. The Labute approximate surface area is 214 Å². The largest absolute Gasteiger partial charge is 0.416 e. The van der Waals surface area contributed by atoms with Crippen molar-refractivity contribution in [3.8, 4) is 0 Å². The Kier molecular flexibility index (Phi) is 6.65. The quantitative estimate of drug-likeness (QED) is 0.360. The summed E-state index contributed by atoms with van der Waals surface area (Å²) in [5.41, 5.74) is 4.19. The second-order valence-electron chi connectivity index (χ2n) is 9.24. The Balaban J connectivity index is 1.73. The number of benzene rings is 2. The monoisotopic (exact) mass is 529 g/mol. The summed E-state index contributed by atoms with van der Waals surface area (Å²) < 4.78 is 40.2. The first-order chi connectivity index (χ1) is 17.7. The van der Waals surface area contributed by atoms with Crippen LogP contribution in [0.1, 0.15) is 35.3 Å². The van der Waals surface area contributed by atoms with Crippen molar-refractivity contribution in [1.29, 1.82) is 0 Å². The lowest BCUT2D eigenvalue weighted by Crippen LogP contribution is -2.36. The molecule has 3 N–H and O–H groups in total. The van der Waals surface area contributed by atoms with Gasteiger partial charge in [-0.25, -0.2) is 9.78 Å². The molecule has 0 atom stereocenters. The van der Waals surface area contributed by atoms with Gasteiger partial charge >= 0.3 is 12.2 Å². The highest BCUT2D eigenvalue weighted by Crippen LogP contribution is 2.33. The first-order valence-corrected chi connectivity index (χ1v) is 11.2. The third-order valence-electron chi connectivity index (χ3n) is 5.71. The predicted molar refractivity (Wildman–Crippen MR) is 131 cm³/mol. The number of nitrogens with zero attached hydrogens (tertiary/aromatic N) is 5. The number of rotatable bonds is 6. The van der Waals surface area contributed by atoms with Gasteiger partial charge in [-0.2, -0.15) is 18.2 Å². The minimum atomic E-state index is -4.68. The average Bonchev–Trinajstić information content (AvgIpc) is 3.13. The van der Waals surface area contributed by atoms with Crippen LogP contribution in [0.2, 0.25) is 0 Å². The van der Waals surface area contributed by atoms with E-state index in [0.717, 1.165) is 29.3 Å². The SMILES string of the molecule is CC1(C)CN(c2ncc(C(=O)N(Cc3cccc([N+](=O)[O-])c3)c3cccc(C(F)(F)F)c3)c(N)n2)C(=O)N1. The molecular formula is C24H22F3N7O4. The number of amides is 3. The van der Waals surface area contributed by atoms with Crippen LogP contribution < -0.4 is 20.9 Å². The lowest BCUT2D eigenvalue weighted by Gasteiger charge is -2.24. The topological polar surface area (TPSA) is 148 Å². The number of halogens is 3. The zero-order chi connectivity index (χ0) is 27.8. The molecule has 0 aliphatic carbocycles. The maximum Gasteiger partial charge on any atom is 0.416 e. The van der Waals surface area contributed by atoms with Crippen LogP contribution in [0.5, 0.6) is 0 Å². The number of anilines is 3. The van der Waals surface area contributed by atoms with E-state index in [4.69, 9.17) is 5.73 Å². The van der Waals surface area contributed by atoms with Crippen LogP contribution in [0, 0.1) is 10.1 Å². The molecule has 1 fully saturated rings. The Morgan fingerprint density at radius 3 is 2.55 bits per heavy atom. The Hall–Kier alpha value is -4.75. The van der Waals surface area contributed by atoms with Crippen LogP contribution in [0.3, 0.4) is 0 Å². The molecular weight excluding hydrogens is 507 g/mol. The number of carbonyl (C=O) groups is 2. The van der Waals surface area contributed by atoms with E-state index in [0.29, 0.717) is 0 Å². The van der Waals surface area contributed by atoms with Crippen molar-refractivity contribution in [2.24, 2.45) is 0 Å². The number of nitrogens with two attached hydrogens (primary N) is 1. The molecule has 4 rings (SSSR count). The van der Waals surface area contributed by atoms with Crippen LogP contribution in [0.15, 0.2) is 54.7 Å². The highest BCUT2D eigenvalue weighted by atomic mass is 19.4. The number of nitro groups is 1. The van der Waals surface area contributed by atoms with Crippen molar-refractivity contribution in [3.05, 3.63) is 81.5 Å². The van der Waals surface area contributed by atoms with Crippen molar-refractivity contribution >= 4 is 35.1 Å². The lowest BCUT2D eigenvalue weighted by atomic mass is 10.1. The second kappa shape index (κ2) is 9.61. The molecule has 1 aliphatic heterocycles. The smallest absolute Gasteiger partial charge is 0.383 e. The summed E-state index contributed by atoms with van der Waals surface area (Å²) >= 11 is 0. The number of alkyl halides is 3. The highest BCUT2D eigenvalue weighted by molar-refractivity contribution is 6.08. The van der Waals surface area contributed by atoms with E-state index in [-0.39, 0.29) is 47.4 Å². The fourth-order valence-corrected chi connectivity index (χ4v) is 3.93. The number of nitro benzene ring substituents is 1. The molecule has 38 heavy (non-hydrogen) atoms.